The number of alkyl halides is 1. The highest BCUT2D eigenvalue weighted by atomic mass is 35.5. The van der Waals surface area contributed by atoms with Crippen molar-refractivity contribution in [2.75, 3.05) is 19.0 Å². The summed E-state index contributed by atoms with van der Waals surface area (Å²) in [6.07, 6.45) is 4.39. The summed E-state index contributed by atoms with van der Waals surface area (Å²) in [4.78, 5) is 17.4. The maximum Gasteiger partial charge on any atom is 0.237 e. The fraction of sp³-hybridized carbons (Fsp3) is 0.417. The van der Waals surface area contributed by atoms with Gasteiger partial charge in [0.15, 0.2) is 5.01 Å². The molecule has 0 bridgehead atoms. The summed E-state index contributed by atoms with van der Waals surface area (Å²) < 4.78 is 1.63. The molecule has 1 aliphatic heterocycles. The third-order valence-corrected chi connectivity index (χ3v) is 4.39. The topological polar surface area (TPSA) is 76.8 Å². The van der Waals surface area contributed by atoms with Crippen LogP contribution in [-0.4, -0.2) is 54.7 Å². The van der Waals surface area contributed by atoms with E-state index in [1.807, 2.05) is 13.1 Å². The number of carbonyl (C=O) groups excluding carboxylic acids is 1. The Hall–Kier alpha value is -1.80. The van der Waals surface area contributed by atoms with Gasteiger partial charge >= 0.3 is 0 Å². The lowest BCUT2D eigenvalue weighted by molar-refractivity contribution is -0.128. The van der Waals surface area contributed by atoms with Crippen molar-refractivity contribution >= 4 is 34.4 Å². The van der Waals surface area contributed by atoms with Crippen molar-refractivity contribution in [1.82, 2.24) is 29.9 Å². The molecule has 0 aromatic carbocycles. The largest absolute Gasteiger partial charge is 0.338 e. The van der Waals surface area contributed by atoms with E-state index < -0.39 is 0 Å². The van der Waals surface area contributed by atoms with Crippen LogP contribution in [0.3, 0.4) is 0 Å². The summed E-state index contributed by atoms with van der Waals surface area (Å²) in [5.74, 6) is 0.566. The molecule has 2 aromatic rings. The molecular formula is C12H13ClN6OS. The predicted octanol–water partition coefficient (Wildman–Crippen LogP) is 1.19. The van der Waals surface area contributed by atoms with Crippen molar-refractivity contribution in [3.8, 4) is 10.8 Å². The minimum atomic E-state index is -0.0393. The minimum absolute atomic E-state index is 0.0253. The minimum Gasteiger partial charge on any atom is -0.338 e. The van der Waals surface area contributed by atoms with E-state index in [1.165, 1.54) is 11.3 Å². The number of nitrogens with zero attached hydrogens (tertiary/aromatic N) is 6. The molecule has 2 aromatic heterocycles. The molecule has 0 unspecified atom stereocenters. The Bertz CT molecular complexity index is 693. The number of hydrogen-bond donors (Lipinski definition) is 0. The van der Waals surface area contributed by atoms with E-state index in [-0.39, 0.29) is 11.8 Å². The van der Waals surface area contributed by atoms with Crippen molar-refractivity contribution in [3.63, 3.8) is 0 Å². The molecule has 0 fully saturated rings. The first kappa shape index (κ1) is 14.2. The first-order valence-electron chi connectivity index (χ1n) is 6.40. The fourth-order valence-electron chi connectivity index (χ4n) is 2.06. The Labute approximate surface area is 130 Å². The van der Waals surface area contributed by atoms with E-state index in [0.29, 0.717) is 23.9 Å². The van der Waals surface area contributed by atoms with Gasteiger partial charge in [-0.05, 0) is 12.0 Å². The van der Waals surface area contributed by atoms with Gasteiger partial charge in [0, 0.05) is 20.1 Å². The third kappa shape index (κ3) is 2.96. The summed E-state index contributed by atoms with van der Waals surface area (Å²) >= 11 is 7.03. The zero-order valence-corrected chi connectivity index (χ0v) is 12.9. The number of halogens is 1. The molecule has 9 heteroatoms. The zero-order chi connectivity index (χ0) is 14.8. The number of amides is 1. The Morgan fingerprint density at radius 2 is 2.24 bits per heavy atom. The van der Waals surface area contributed by atoms with Crippen LogP contribution >= 0.6 is 22.9 Å². The molecule has 0 saturated carbocycles. The Balaban J connectivity index is 1.75. The highest BCUT2D eigenvalue weighted by Gasteiger charge is 2.20. The number of aryl methyl sites for hydroxylation is 1. The van der Waals surface area contributed by atoms with Crippen LogP contribution in [0, 0.1) is 0 Å². The molecule has 0 spiro atoms. The molecule has 3 rings (SSSR count). The number of rotatable bonds is 3. The van der Waals surface area contributed by atoms with E-state index >= 15 is 0 Å². The van der Waals surface area contributed by atoms with Crippen molar-refractivity contribution in [1.29, 1.82) is 0 Å². The summed E-state index contributed by atoms with van der Waals surface area (Å²) in [7, 11) is 1.81. The zero-order valence-electron chi connectivity index (χ0n) is 11.4. The normalized spacial score (nSPS) is 15.1. The molecule has 110 valence electrons. The second-order valence-corrected chi connectivity index (χ2v) is 5.85. The molecule has 0 radical (unpaired) electrons. The number of aromatic nitrogens is 5. The van der Waals surface area contributed by atoms with Crippen LogP contribution in [0.2, 0.25) is 0 Å². The van der Waals surface area contributed by atoms with E-state index in [4.69, 9.17) is 11.6 Å². The third-order valence-electron chi connectivity index (χ3n) is 3.17. The van der Waals surface area contributed by atoms with E-state index in [9.17, 15) is 4.79 Å². The summed E-state index contributed by atoms with van der Waals surface area (Å²) in [6, 6.07) is 0. The molecule has 0 aliphatic carbocycles. The smallest absolute Gasteiger partial charge is 0.237 e. The SMILES string of the molecule is Cn1cnc(-c2nnc(C3=CCN(C(=O)CCl)CC3)s2)n1. The van der Waals surface area contributed by atoms with E-state index in [1.54, 1.807) is 15.9 Å². The van der Waals surface area contributed by atoms with Crippen LogP contribution < -0.4 is 0 Å². The second kappa shape index (κ2) is 5.90. The standard InChI is InChI=1S/C12H13ClN6OS/c1-18-7-14-10(17-18)12-16-15-11(21-12)8-2-4-19(5-3-8)9(20)6-13/h2,7H,3-6H2,1H3. The van der Waals surface area contributed by atoms with Crippen LogP contribution in [-0.2, 0) is 11.8 Å². The maximum atomic E-state index is 11.5. The van der Waals surface area contributed by atoms with E-state index in [2.05, 4.69) is 20.3 Å². The lowest BCUT2D eigenvalue weighted by atomic mass is 10.1. The van der Waals surface area contributed by atoms with E-state index in [0.717, 1.165) is 17.0 Å². The molecule has 1 aliphatic rings. The van der Waals surface area contributed by atoms with Gasteiger partial charge in [-0.15, -0.1) is 26.9 Å². The summed E-state index contributed by atoms with van der Waals surface area (Å²) in [5, 5.41) is 14.1. The average molecular weight is 325 g/mol. The van der Waals surface area contributed by atoms with Gasteiger partial charge in [-0.1, -0.05) is 17.4 Å². The van der Waals surface area contributed by atoms with Gasteiger partial charge in [-0.25, -0.2) is 4.98 Å². The fourth-order valence-corrected chi connectivity index (χ4v) is 3.07. The molecule has 21 heavy (non-hydrogen) atoms. The molecule has 0 saturated heterocycles. The molecule has 0 atom stereocenters. The van der Waals surface area contributed by atoms with Crippen LogP contribution in [0.25, 0.3) is 16.4 Å². The van der Waals surface area contributed by atoms with Gasteiger partial charge < -0.3 is 4.90 Å². The lowest BCUT2D eigenvalue weighted by Gasteiger charge is -2.24. The predicted molar refractivity (Wildman–Crippen MR) is 79.8 cm³/mol. The van der Waals surface area contributed by atoms with Gasteiger partial charge in [0.05, 0.1) is 0 Å². The lowest BCUT2D eigenvalue weighted by Crippen LogP contribution is -2.35. The van der Waals surface area contributed by atoms with Gasteiger partial charge in [-0.2, -0.15) is 0 Å². The maximum absolute atomic E-state index is 11.5. The quantitative estimate of drug-likeness (QED) is 0.793. The van der Waals surface area contributed by atoms with Crippen molar-refractivity contribution in [2.45, 2.75) is 6.42 Å². The summed E-state index contributed by atoms with van der Waals surface area (Å²) in [5.41, 5.74) is 1.10. The molecular weight excluding hydrogens is 312 g/mol. The second-order valence-electron chi connectivity index (χ2n) is 4.61. The molecule has 3 heterocycles. The Morgan fingerprint density at radius 1 is 1.43 bits per heavy atom. The van der Waals surface area contributed by atoms with Gasteiger partial charge in [0.25, 0.3) is 0 Å². The van der Waals surface area contributed by atoms with Crippen LogP contribution in [0.5, 0.6) is 0 Å². The van der Waals surface area contributed by atoms with Crippen molar-refractivity contribution in [3.05, 3.63) is 17.4 Å². The van der Waals surface area contributed by atoms with Crippen LogP contribution in [0.4, 0.5) is 0 Å². The molecule has 7 nitrogen and oxygen atoms in total. The van der Waals surface area contributed by atoms with Gasteiger partial charge in [-0.3, -0.25) is 9.48 Å². The van der Waals surface area contributed by atoms with Gasteiger partial charge in [0.2, 0.25) is 11.7 Å². The number of carbonyl (C=O) groups is 1. The Morgan fingerprint density at radius 3 is 2.86 bits per heavy atom. The first-order chi connectivity index (χ1) is 10.2. The Kier molecular flexibility index (Phi) is 3.98. The molecule has 0 N–H and O–H groups in total. The highest BCUT2D eigenvalue weighted by molar-refractivity contribution is 7.15. The monoisotopic (exact) mass is 324 g/mol. The highest BCUT2D eigenvalue weighted by Crippen LogP contribution is 2.28. The first-order valence-corrected chi connectivity index (χ1v) is 7.75. The van der Waals surface area contributed by atoms with Crippen molar-refractivity contribution < 1.29 is 4.79 Å². The molecule has 1 amide bonds. The summed E-state index contributed by atoms with van der Waals surface area (Å²) in [6.45, 7) is 1.23. The average Bonchev–Trinajstić information content (AvgIpc) is 3.15. The van der Waals surface area contributed by atoms with Crippen LogP contribution in [0.1, 0.15) is 11.4 Å². The number of hydrogen-bond acceptors (Lipinski definition) is 6. The van der Waals surface area contributed by atoms with Crippen molar-refractivity contribution in [2.24, 2.45) is 7.05 Å². The van der Waals surface area contributed by atoms with Gasteiger partial charge in [0.1, 0.15) is 17.2 Å². The van der Waals surface area contributed by atoms with Crippen LogP contribution in [0.15, 0.2) is 12.4 Å².